The van der Waals surface area contributed by atoms with Crippen molar-refractivity contribution in [1.29, 1.82) is 0 Å². The molecule has 0 radical (unpaired) electrons. The first-order valence-corrected chi connectivity index (χ1v) is 14.0. The Morgan fingerprint density at radius 2 is 1.00 bits per heavy atom. The SMILES string of the molecule is [2H]c1ccc(-c2[c-]c(Oc3[c-]c4c(cc3)c3ccc(Oc5[c-]c(-c6ccc([2H])cn6)ccc5)[c-]c3n4-c3ncccn3)ccc2)nc1.[Pd+2].[Pt+2]. The fourth-order valence-electron chi connectivity index (χ4n) is 5.06. The van der Waals surface area contributed by atoms with Crippen molar-refractivity contribution in [2.75, 3.05) is 0 Å². The Bertz CT molecular complexity index is 2240. The first kappa shape index (κ1) is 29.4. The topological polar surface area (TPSA) is 75.0 Å². The molecular formula is C38H21N5O2PdPt. The van der Waals surface area contributed by atoms with E-state index in [1.165, 1.54) is 12.4 Å². The Balaban J connectivity index is 0.00000208. The molecule has 4 heterocycles. The fourth-order valence-corrected chi connectivity index (χ4v) is 5.06. The van der Waals surface area contributed by atoms with Crippen LogP contribution in [0.2, 0.25) is 0 Å². The summed E-state index contributed by atoms with van der Waals surface area (Å²) < 4.78 is 29.8. The summed E-state index contributed by atoms with van der Waals surface area (Å²) in [5.41, 5.74) is 4.32. The molecule has 0 atom stereocenters. The van der Waals surface area contributed by atoms with E-state index in [4.69, 9.17) is 12.2 Å². The minimum absolute atomic E-state index is 0. The van der Waals surface area contributed by atoms with Gasteiger partial charge in [-0.3, -0.25) is 0 Å². The van der Waals surface area contributed by atoms with Crippen LogP contribution < -0.4 is 9.47 Å². The quantitative estimate of drug-likeness (QED) is 0.118. The number of nitrogens with zero attached hydrogens (tertiary/aromatic N) is 5. The zero-order valence-electron chi connectivity index (χ0n) is 26.2. The van der Waals surface area contributed by atoms with Gasteiger partial charge in [0.2, 0.25) is 5.95 Å². The molecule has 4 aromatic heterocycles. The predicted octanol–water partition coefficient (Wildman–Crippen LogP) is 8.48. The number of hydrogen-bond acceptors (Lipinski definition) is 6. The maximum Gasteiger partial charge on any atom is 2.00 e. The summed E-state index contributed by atoms with van der Waals surface area (Å²) in [5, 5.41) is 1.83. The Labute approximate surface area is 302 Å². The summed E-state index contributed by atoms with van der Waals surface area (Å²) in [6.45, 7) is 0. The van der Waals surface area contributed by atoms with Crippen molar-refractivity contribution >= 4 is 21.8 Å². The van der Waals surface area contributed by atoms with Gasteiger partial charge in [-0.15, -0.1) is 71.8 Å². The third-order valence-corrected chi connectivity index (χ3v) is 7.05. The van der Waals surface area contributed by atoms with Crippen LogP contribution in [0.25, 0.3) is 50.3 Å². The van der Waals surface area contributed by atoms with Crippen LogP contribution in [0.4, 0.5) is 0 Å². The molecule has 8 aromatic rings. The standard InChI is InChI=1S/C38H21N5O2.Pd.Pt/c1-3-18-39-34(12-1)26-8-5-10-28(22-26)44-30-14-16-32-33-17-15-31(25-37(33)43(36(32)24-30)38-41-20-7-21-42-38)45-29-11-6-9-27(23-29)35-13-2-4-19-40-35;;/h1-21H;;/q-4;2*+2/i3D,4D;;. The summed E-state index contributed by atoms with van der Waals surface area (Å²) in [6, 6.07) is 41.6. The summed E-state index contributed by atoms with van der Waals surface area (Å²) in [6.07, 6.45) is 6.38. The number of aromatic nitrogens is 5. The smallest absolute Gasteiger partial charge is 0.503 e. The molecule has 47 heavy (non-hydrogen) atoms. The molecule has 0 aliphatic heterocycles. The van der Waals surface area contributed by atoms with Gasteiger partial charge < -0.3 is 24.0 Å². The molecule has 0 bridgehead atoms. The molecule has 0 fully saturated rings. The Morgan fingerprint density at radius 1 is 0.511 bits per heavy atom. The molecule has 9 heteroatoms. The predicted molar refractivity (Wildman–Crippen MR) is 171 cm³/mol. The first-order valence-electron chi connectivity index (χ1n) is 15.0. The van der Waals surface area contributed by atoms with Crippen molar-refractivity contribution in [1.82, 2.24) is 24.5 Å². The third kappa shape index (κ3) is 6.63. The molecule has 0 aliphatic carbocycles. The Morgan fingerprint density at radius 3 is 1.47 bits per heavy atom. The molecule has 8 rings (SSSR count). The summed E-state index contributed by atoms with van der Waals surface area (Å²) in [5.74, 6) is 2.41. The van der Waals surface area contributed by atoms with Crippen molar-refractivity contribution in [3.63, 3.8) is 0 Å². The van der Waals surface area contributed by atoms with Crippen molar-refractivity contribution in [3.05, 3.63) is 152 Å². The van der Waals surface area contributed by atoms with Gasteiger partial charge in [0.1, 0.15) is 0 Å². The van der Waals surface area contributed by atoms with Gasteiger partial charge in [-0.25, -0.2) is 9.97 Å². The molecule has 0 N–H and O–H groups in total. The zero-order valence-corrected chi connectivity index (χ0v) is 28.0. The molecule has 230 valence electrons. The van der Waals surface area contributed by atoms with Crippen molar-refractivity contribution in [2.45, 2.75) is 0 Å². The Hall–Kier alpha value is -4.99. The van der Waals surface area contributed by atoms with Gasteiger partial charge in [-0.05, 0) is 29.5 Å². The van der Waals surface area contributed by atoms with E-state index < -0.39 is 0 Å². The van der Waals surface area contributed by atoms with Crippen LogP contribution in [-0.4, -0.2) is 24.5 Å². The summed E-state index contributed by atoms with van der Waals surface area (Å²) in [4.78, 5) is 17.7. The fraction of sp³-hybridized carbons (Fsp3) is 0. The van der Waals surface area contributed by atoms with E-state index in [9.17, 15) is 0 Å². The Kier molecular flexibility index (Phi) is 8.88. The van der Waals surface area contributed by atoms with Gasteiger partial charge in [-0.2, -0.15) is 22.9 Å². The minimum atomic E-state index is 0. The molecule has 0 saturated heterocycles. The van der Waals surface area contributed by atoms with Crippen LogP contribution in [0.5, 0.6) is 23.0 Å². The largest absolute Gasteiger partial charge is 2.00 e. The van der Waals surface area contributed by atoms with Crippen LogP contribution in [0.1, 0.15) is 2.74 Å². The zero-order chi connectivity index (χ0) is 31.7. The van der Waals surface area contributed by atoms with Gasteiger partial charge in [0, 0.05) is 47.8 Å². The van der Waals surface area contributed by atoms with Gasteiger partial charge in [0.25, 0.3) is 0 Å². The summed E-state index contributed by atoms with van der Waals surface area (Å²) in [7, 11) is 0. The second-order valence-corrected chi connectivity index (χ2v) is 9.90. The van der Waals surface area contributed by atoms with E-state index in [2.05, 4.69) is 44.2 Å². The van der Waals surface area contributed by atoms with Crippen LogP contribution in [0, 0.1) is 24.3 Å². The minimum Gasteiger partial charge on any atom is -0.503 e. The molecule has 4 aromatic carbocycles. The molecule has 0 spiro atoms. The number of pyridine rings is 2. The second kappa shape index (κ2) is 14.2. The van der Waals surface area contributed by atoms with Crippen molar-refractivity contribution < 1.29 is 53.7 Å². The number of benzene rings is 4. The average molecular weight is 883 g/mol. The van der Waals surface area contributed by atoms with Crippen molar-refractivity contribution in [3.8, 4) is 51.5 Å². The molecule has 0 saturated carbocycles. The van der Waals surface area contributed by atoms with Crippen LogP contribution in [-0.2, 0) is 41.5 Å². The molecule has 0 unspecified atom stereocenters. The molecule has 0 amide bonds. The number of rotatable bonds is 7. The normalized spacial score (nSPS) is 11.2. The van der Waals surface area contributed by atoms with E-state index in [1.807, 2.05) is 65.2 Å². The van der Waals surface area contributed by atoms with Crippen LogP contribution in [0.15, 0.2) is 128 Å². The van der Waals surface area contributed by atoms with E-state index in [0.29, 0.717) is 63.5 Å². The van der Waals surface area contributed by atoms with Crippen molar-refractivity contribution in [2.24, 2.45) is 0 Å². The molecule has 7 nitrogen and oxygen atoms in total. The van der Waals surface area contributed by atoms with Gasteiger partial charge in [0.15, 0.2) is 0 Å². The average Bonchev–Trinajstić information content (AvgIpc) is 3.42. The summed E-state index contributed by atoms with van der Waals surface area (Å²) >= 11 is 0. The van der Waals surface area contributed by atoms with Gasteiger partial charge in [-0.1, -0.05) is 47.4 Å². The number of fused-ring (bicyclic) bond motifs is 3. The van der Waals surface area contributed by atoms with E-state index >= 15 is 0 Å². The molecular weight excluding hydrogens is 860 g/mol. The first-order chi connectivity index (χ1) is 23.1. The van der Waals surface area contributed by atoms with E-state index in [0.717, 1.165) is 21.9 Å². The maximum absolute atomic E-state index is 7.71. The van der Waals surface area contributed by atoms with E-state index in [-0.39, 0.29) is 41.5 Å². The molecule has 0 aliphatic rings. The monoisotopic (exact) mass is 882 g/mol. The van der Waals surface area contributed by atoms with Gasteiger partial charge >= 0.3 is 41.5 Å². The maximum atomic E-state index is 7.71. The third-order valence-electron chi connectivity index (χ3n) is 7.05. The number of hydrogen-bond donors (Lipinski definition) is 0. The van der Waals surface area contributed by atoms with Crippen LogP contribution in [0.3, 0.4) is 0 Å². The number of ether oxygens (including phenoxy) is 2. The van der Waals surface area contributed by atoms with Gasteiger partial charge in [0.05, 0.1) is 2.74 Å². The van der Waals surface area contributed by atoms with Crippen LogP contribution >= 0.6 is 0 Å². The van der Waals surface area contributed by atoms with E-state index in [1.54, 1.807) is 42.7 Å². The second-order valence-electron chi connectivity index (χ2n) is 9.90.